The summed E-state index contributed by atoms with van der Waals surface area (Å²) in [6, 6.07) is 14.4. The number of carbonyl (C=O) groups is 3. The van der Waals surface area contributed by atoms with Crippen molar-refractivity contribution in [1.82, 2.24) is 10.4 Å². The average Bonchev–Trinajstić information content (AvgIpc) is 3.48. The van der Waals surface area contributed by atoms with E-state index in [0.29, 0.717) is 31.0 Å². The maximum Gasteiger partial charge on any atom is 0.327 e. The average molecular weight is 743 g/mol. The van der Waals surface area contributed by atoms with Crippen LogP contribution in [0.15, 0.2) is 54.6 Å². The molecule has 1 spiro atoms. The molecule has 1 amide bonds. The van der Waals surface area contributed by atoms with Crippen LogP contribution >= 0.6 is 0 Å². The Morgan fingerprint density at radius 1 is 1.02 bits per heavy atom. The van der Waals surface area contributed by atoms with Crippen molar-refractivity contribution in [3.8, 4) is 0 Å². The second-order valence-corrected chi connectivity index (χ2v) is 17.3. The zero-order valence-electron chi connectivity index (χ0n) is 31.1. The first-order valence-electron chi connectivity index (χ1n) is 19.5. The van der Waals surface area contributed by atoms with Crippen molar-refractivity contribution in [3.05, 3.63) is 76.9 Å². The van der Waals surface area contributed by atoms with Gasteiger partial charge in [-0.3, -0.25) is 19.2 Å². The fourth-order valence-corrected chi connectivity index (χ4v) is 9.74. The second-order valence-electron chi connectivity index (χ2n) is 17.3. The van der Waals surface area contributed by atoms with Crippen molar-refractivity contribution in [1.29, 1.82) is 0 Å². The Morgan fingerprint density at radius 3 is 2.46 bits per heavy atom. The number of nitrogens with zero attached hydrogens (tertiary/aromatic N) is 1. The summed E-state index contributed by atoms with van der Waals surface area (Å²) in [4.78, 5) is 48.2. The SMILES string of the molecule is CC(C)(C)OC(=O)CCC(CO)NC(=O)C12CC3OC(=O)C1N(Cc1ccc(C=CC4CCC5OC5C4)cc1)OC2C1OC2(Cc4ccccc4C2)OC31. The number of nitrogens with one attached hydrogen (secondary N) is 1. The van der Waals surface area contributed by atoms with Crippen molar-refractivity contribution in [2.45, 2.75) is 139 Å². The molecule has 2 aromatic rings. The summed E-state index contributed by atoms with van der Waals surface area (Å²) in [5.74, 6) is -1.89. The number of amides is 1. The molecule has 3 aliphatic carbocycles. The second kappa shape index (κ2) is 13.5. The standard InChI is InChI=1S/C42H50N2O10/c1-40(2,3)51-33(46)17-15-29(23-45)43-39(48)42-21-32-34-35(53-41(52-34)19-27-6-4-5-7-28(27)20-41)37(42)54-44(36(42)38(47)50-32)22-26-12-9-24(10-13-26)8-11-25-14-16-30-31(18-25)49-30/h4-13,25,29-32,34-37,45H,14-23H2,1-3H3,(H,43,48). The van der Waals surface area contributed by atoms with Gasteiger partial charge in [-0.15, -0.1) is 0 Å². The summed E-state index contributed by atoms with van der Waals surface area (Å²) >= 11 is 0. The van der Waals surface area contributed by atoms with E-state index in [9.17, 15) is 19.5 Å². The highest BCUT2D eigenvalue weighted by Crippen LogP contribution is 2.58. The number of epoxide rings is 1. The van der Waals surface area contributed by atoms with Gasteiger partial charge >= 0.3 is 11.9 Å². The molecular formula is C42H50N2O10. The maximum absolute atomic E-state index is 14.8. The lowest BCUT2D eigenvalue weighted by atomic mass is 9.62. The van der Waals surface area contributed by atoms with E-state index in [-0.39, 0.29) is 25.8 Å². The molecule has 0 radical (unpaired) electrons. The minimum Gasteiger partial charge on any atom is -0.460 e. The molecule has 10 unspecified atom stereocenters. The van der Waals surface area contributed by atoms with E-state index in [1.165, 1.54) is 0 Å². The third-order valence-electron chi connectivity index (χ3n) is 12.3. The number of benzene rings is 2. The molecule has 4 saturated heterocycles. The number of ether oxygens (including phenoxy) is 5. The van der Waals surface area contributed by atoms with Crippen molar-refractivity contribution >= 4 is 23.9 Å². The number of esters is 2. The molecule has 2 saturated carbocycles. The summed E-state index contributed by atoms with van der Waals surface area (Å²) in [6.07, 6.45) is 7.10. The van der Waals surface area contributed by atoms with Gasteiger partial charge < -0.3 is 34.1 Å². The largest absolute Gasteiger partial charge is 0.460 e. The number of carbonyl (C=O) groups excluding carboxylic acids is 3. The van der Waals surface area contributed by atoms with Crippen LogP contribution in [0.4, 0.5) is 0 Å². The van der Waals surface area contributed by atoms with Crippen LogP contribution in [0.5, 0.6) is 0 Å². The van der Waals surface area contributed by atoms with Gasteiger partial charge in [0.05, 0.1) is 31.4 Å². The summed E-state index contributed by atoms with van der Waals surface area (Å²) in [5.41, 5.74) is 2.17. The van der Waals surface area contributed by atoms with Crippen LogP contribution in [0.3, 0.4) is 0 Å². The fourth-order valence-electron chi connectivity index (χ4n) is 9.74. The number of rotatable bonds is 10. The first-order chi connectivity index (χ1) is 25.9. The summed E-state index contributed by atoms with van der Waals surface area (Å²) in [6.45, 7) is 5.19. The highest BCUT2D eigenvalue weighted by molar-refractivity contribution is 5.93. The van der Waals surface area contributed by atoms with Gasteiger partial charge in [0.25, 0.3) is 0 Å². The molecule has 7 aliphatic rings. The molecule has 2 N–H and O–H groups in total. The molecule has 0 aromatic heterocycles. The van der Waals surface area contributed by atoms with Crippen molar-refractivity contribution in [2.24, 2.45) is 11.3 Å². The normalized spacial score (nSPS) is 34.9. The molecule has 54 heavy (non-hydrogen) atoms. The minimum absolute atomic E-state index is 0.00188. The third kappa shape index (κ3) is 6.58. The number of aliphatic hydroxyl groups is 1. The Labute approximate surface area is 315 Å². The first kappa shape index (κ1) is 36.0. The zero-order chi connectivity index (χ0) is 37.4. The Hall–Kier alpha value is -3.65. The monoisotopic (exact) mass is 742 g/mol. The summed E-state index contributed by atoms with van der Waals surface area (Å²) in [7, 11) is 0. The smallest absolute Gasteiger partial charge is 0.327 e. The van der Waals surface area contributed by atoms with Crippen molar-refractivity contribution in [3.63, 3.8) is 0 Å². The number of hydrogen-bond donors (Lipinski definition) is 2. The lowest BCUT2D eigenvalue weighted by molar-refractivity contribution is -0.217. The molecule has 9 rings (SSSR count). The number of hydrogen-bond acceptors (Lipinski definition) is 11. The Balaban J connectivity index is 0.972. The molecule has 4 aliphatic heterocycles. The van der Waals surface area contributed by atoms with E-state index in [2.05, 4.69) is 29.6 Å². The quantitative estimate of drug-likeness (QED) is 0.270. The summed E-state index contributed by atoms with van der Waals surface area (Å²) in [5, 5.41) is 14.9. The van der Waals surface area contributed by atoms with E-state index in [0.717, 1.165) is 41.5 Å². The minimum atomic E-state index is -1.41. The molecule has 12 nitrogen and oxygen atoms in total. The van der Waals surface area contributed by atoms with Crippen LogP contribution in [0.25, 0.3) is 6.08 Å². The van der Waals surface area contributed by atoms with Crippen LogP contribution in [-0.4, -0.2) is 94.7 Å². The van der Waals surface area contributed by atoms with Gasteiger partial charge in [0.1, 0.15) is 35.4 Å². The Kier molecular flexibility index (Phi) is 9.02. The van der Waals surface area contributed by atoms with Gasteiger partial charge in [-0.05, 0) is 74.6 Å². The van der Waals surface area contributed by atoms with Crippen molar-refractivity contribution in [2.75, 3.05) is 6.61 Å². The van der Waals surface area contributed by atoms with E-state index in [1.807, 2.05) is 36.4 Å². The number of fused-ring (bicyclic) bond motifs is 6. The van der Waals surface area contributed by atoms with Crippen LogP contribution in [0.1, 0.15) is 81.5 Å². The van der Waals surface area contributed by atoms with E-state index in [1.54, 1.807) is 25.8 Å². The van der Waals surface area contributed by atoms with Crippen LogP contribution in [0.2, 0.25) is 0 Å². The molecule has 6 fully saturated rings. The predicted molar refractivity (Wildman–Crippen MR) is 193 cm³/mol. The van der Waals surface area contributed by atoms with E-state index < -0.39 is 77.8 Å². The predicted octanol–water partition coefficient (Wildman–Crippen LogP) is 3.95. The third-order valence-corrected chi connectivity index (χ3v) is 12.3. The highest BCUT2D eigenvalue weighted by atomic mass is 16.8. The molecule has 4 heterocycles. The molecule has 2 aromatic carbocycles. The van der Waals surface area contributed by atoms with Gasteiger partial charge in [-0.2, -0.15) is 5.06 Å². The lowest BCUT2D eigenvalue weighted by Gasteiger charge is -2.49. The molecule has 10 atom stereocenters. The molecular weight excluding hydrogens is 692 g/mol. The fraction of sp³-hybridized carbons (Fsp3) is 0.595. The van der Waals surface area contributed by atoms with Crippen molar-refractivity contribution < 1.29 is 48.0 Å². The summed E-state index contributed by atoms with van der Waals surface area (Å²) < 4.78 is 30.9. The number of allylic oxidation sites excluding steroid dienone is 1. The van der Waals surface area contributed by atoms with Crippen LogP contribution < -0.4 is 5.32 Å². The van der Waals surface area contributed by atoms with E-state index in [4.69, 9.17) is 28.5 Å². The van der Waals surface area contributed by atoms with Crippen LogP contribution in [-0.2, 0) is 62.3 Å². The maximum atomic E-state index is 14.8. The highest BCUT2D eigenvalue weighted by Gasteiger charge is 2.76. The number of aliphatic hydroxyl groups excluding tert-OH is 1. The van der Waals surface area contributed by atoms with Gasteiger partial charge in [-0.1, -0.05) is 60.7 Å². The van der Waals surface area contributed by atoms with Gasteiger partial charge in [0.2, 0.25) is 5.91 Å². The van der Waals surface area contributed by atoms with Gasteiger partial charge in [0.15, 0.2) is 11.8 Å². The lowest BCUT2D eigenvalue weighted by Crippen LogP contribution is -2.70. The first-order valence-corrected chi connectivity index (χ1v) is 19.5. The Morgan fingerprint density at radius 2 is 1.76 bits per heavy atom. The van der Waals surface area contributed by atoms with Gasteiger partial charge in [-0.25, -0.2) is 0 Å². The molecule has 2 bridgehead atoms. The van der Waals surface area contributed by atoms with Crippen LogP contribution in [0, 0.1) is 11.3 Å². The van der Waals surface area contributed by atoms with Gasteiger partial charge in [0, 0.05) is 25.7 Å². The molecule has 288 valence electrons. The number of hydroxylamine groups is 2. The molecule has 12 heteroatoms. The topological polar surface area (TPSA) is 145 Å². The van der Waals surface area contributed by atoms with E-state index >= 15 is 0 Å². The Bertz CT molecular complexity index is 1800. The zero-order valence-corrected chi connectivity index (χ0v) is 31.1.